The first-order valence-electron chi connectivity index (χ1n) is 9.45. The molecule has 0 aliphatic carbocycles. The minimum absolute atomic E-state index is 0.190. The zero-order valence-electron chi connectivity index (χ0n) is 17.8. The third-order valence-electron chi connectivity index (χ3n) is 4.21. The number of rotatable bonds is 6. The molecule has 1 amide bonds. The van der Waals surface area contributed by atoms with Gasteiger partial charge < -0.3 is 4.74 Å². The minimum Gasteiger partial charge on any atom is -0.443 e. The van der Waals surface area contributed by atoms with Crippen molar-refractivity contribution in [2.75, 3.05) is 0 Å². The van der Waals surface area contributed by atoms with E-state index in [1.165, 1.54) is 38.1 Å². The molecule has 168 valence electrons. The molecule has 1 heterocycles. The number of hydrogen-bond donors (Lipinski definition) is 0. The van der Waals surface area contributed by atoms with Gasteiger partial charge in [-0.2, -0.15) is 8.96 Å². The molecule has 1 aromatic heterocycles. The second kappa shape index (κ2) is 9.38. The van der Waals surface area contributed by atoms with Crippen LogP contribution >= 0.6 is 0 Å². The molecule has 0 saturated carbocycles. The normalized spacial score (nSPS) is 12.5. The maximum absolute atomic E-state index is 14.9. The minimum atomic E-state index is -4.47. The van der Waals surface area contributed by atoms with Crippen molar-refractivity contribution in [3.63, 3.8) is 0 Å². The highest BCUT2D eigenvalue weighted by Crippen LogP contribution is 2.13. The topological polar surface area (TPSA) is 117 Å². The van der Waals surface area contributed by atoms with Crippen molar-refractivity contribution in [2.45, 2.75) is 46.2 Å². The average Bonchev–Trinajstić information content (AvgIpc) is 2.69. The van der Waals surface area contributed by atoms with Gasteiger partial charge in [-0.05, 0) is 19.1 Å². The largest absolute Gasteiger partial charge is 0.443 e. The molecule has 31 heavy (non-hydrogen) atoms. The molecule has 0 N–H and O–H groups in total. The van der Waals surface area contributed by atoms with Gasteiger partial charge in [0.1, 0.15) is 0 Å². The van der Waals surface area contributed by atoms with Gasteiger partial charge in [-0.25, -0.2) is 22.2 Å². The second-order valence-electron chi connectivity index (χ2n) is 7.48. The summed E-state index contributed by atoms with van der Waals surface area (Å²) in [4.78, 5) is 40.2. The summed E-state index contributed by atoms with van der Waals surface area (Å²) in [6.07, 6.45) is 0.449. The van der Waals surface area contributed by atoms with Crippen molar-refractivity contribution in [1.82, 2.24) is 8.54 Å². The molecular formula is C20H24FN3O6S. The zero-order chi connectivity index (χ0) is 23.5. The fraction of sp³-hybridized carbons (Fsp3) is 0.400. The third kappa shape index (κ3) is 5.35. The summed E-state index contributed by atoms with van der Waals surface area (Å²) in [5, 5.41) is 0. The first-order valence-corrected chi connectivity index (χ1v) is 10.9. The van der Waals surface area contributed by atoms with E-state index in [-0.39, 0.29) is 8.87 Å². The molecule has 0 fully saturated rings. The highest BCUT2D eigenvalue weighted by atomic mass is 32.2. The van der Waals surface area contributed by atoms with Crippen molar-refractivity contribution in [3.05, 3.63) is 57.8 Å². The second-order valence-corrected chi connectivity index (χ2v) is 9.29. The van der Waals surface area contributed by atoms with E-state index < -0.39 is 57.5 Å². The predicted octanol–water partition coefficient (Wildman–Crippen LogP) is 1.57. The number of halogens is 1. The summed E-state index contributed by atoms with van der Waals surface area (Å²) in [6.45, 7) is 7.08. The molecule has 0 atom stereocenters. The standard InChI is InChI=1S/C20H24FN3O6S/c1-12(2)18(25)22-17-16(21)10-24(20(27)23(17)11-30-19(26)13(3)4)31(28,29)15-8-6-14(5)7-9-15/h6-10,12-13H,11H2,1-5H3/b22-17-. The average molecular weight is 453 g/mol. The van der Waals surface area contributed by atoms with Crippen LogP contribution in [0.1, 0.15) is 33.3 Å². The molecule has 2 aromatic rings. The van der Waals surface area contributed by atoms with Crippen molar-refractivity contribution < 1.29 is 27.1 Å². The molecular weight excluding hydrogens is 429 g/mol. The number of aromatic nitrogens is 2. The summed E-state index contributed by atoms with van der Waals surface area (Å²) in [6, 6.07) is 5.60. The van der Waals surface area contributed by atoms with Crippen molar-refractivity contribution in [2.24, 2.45) is 16.8 Å². The molecule has 2 rings (SSSR count). The Hall–Kier alpha value is -3.08. The van der Waals surface area contributed by atoms with Crippen LogP contribution in [0, 0.1) is 24.6 Å². The number of aryl methyl sites for hydroxylation is 1. The van der Waals surface area contributed by atoms with Crippen molar-refractivity contribution in [1.29, 1.82) is 0 Å². The molecule has 0 aliphatic heterocycles. The number of carbonyl (C=O) groups is 2. The molecule has 11 heteroatoms. The Morgan fingerprint density at radius 1 is 1.10 bits per heavy atom. The van der Waals surface area contributed by atoms with Gasteiger partial charge in [-0.1, -0.05) is 45.4 Å². The fourth-order valence-corrected chi connectivity index (χ4v) is 3.55. The highest BCUT2D eigenvalue weighted by Gasteiger charge is 2.23. The maximum Gasteiger partial charge on any atom is 0.346 e. The summed E-state index contributed by atoms with van der Waals surface area (Å²) in [5.41, 5.74) is -1.18. The van der Waals surface area contributed by atoms with E-state index in [2.05, 4.69) is 4.99 Å². The monoisotopic (exact) mass is 453 g/mol. The highest BCUT2D eigenvalue weighted by molar-refractivity contribution is 7.90. The molecule has 0 bridgehead atoms. The van der Waals surface area contributed by atoms with Gasteiger partial charge >= 0.3 is 11.7 Å². The SMILES string of the molecule is Cc1ccc(S(=O)(=O)n2cc(F)/c(=N/C(=O)C(C)C)n(COC(=O)C(C)C)c2=O)cc1. The van der Waals surface area contributed by atoms with Crippen LogP contribution in [0.5, 0.6) is 0 Å². The number of hydrogen-bond acceptors (Lipinski definition) is 6. The lowest BCUT2D eigenvalue weighted by Gasteiger charge is -2.14. The first kappa shape index (κ1) is 24.2. The Kier molecular flexibility index (Phi) is 7.32. The summed E-state index contributed by atoms with van der Waals surface area (Å²) >= 11 is 0. The van der Waals surface area contributed by atoms with Crippen molar-refractivity contribution in [3.8, 4) is 0 Å². The Balaban J connectivity index is 2.76. The van der Waals surface area contributed by atoms with E-state index in [4.69, 9.17) is 4.74 Å². The van der Waals surface area contributed by atoms with Crippen LogP contribution in [0.15, 0.2) is 45.1 Å². The predicted molar refractivity (Wildman–Crippen MR) is 109 cm³/mol. The Morgan fingerprint density at radius 3 is 2.19 bits per heavy atom. The molecule has 0 radical (unpaired) electrons. The van der Waals surface area contributed by atoms with Crippen LogP contribution in [0.4, 0.5) is 4.39 Å². The van der Waals surface area contributed by atoms with Crippen LogP contribution in [0.3, 0.4) is 0 Å². The van der Waals surface area contributed by atoms with Gasteiger partial charge in [-0.3, -0.25) is 9.59 Å². The first-order chi connectivity index (χ1) is 14.4. The summed E-state index contributed by atoms with van der Waals surface area (Å²) in [5.74, 6) is -3.84. The molecule has 0 unspecified atom stereocenters. The third-order valence-corrected chi connectivity index (χ3v) is 5.86. The number of nitrogens with zero attached hydrogens (tertiary/aromatic N) is 3. The van der Waals surface area contributed by atoms with Crippen LogP contribution < -0.4 is 11.2 Å². The quantitative estimate of drug-likeness (QED) is 0.613. The lowest BCUT2D eigenvalue weighted by molar-refractivity contribution is -0.151. The summed E-state index contributed by atoms with van der Waals surface area (Å²) in [7, 11) is -4.47. The van der Waals surface area contributed by atoms with E-state index in [0.717, 1.165) is 5.56 Å². The van der Waals surface area contributed by atoms with E-state index in [9.17, 15) is 27.2 Å². The molecule has 0 saturated heterocycles. The number of ether oxygens (including phenoxy) is 1. The van der Waals surface area contributed by atoms with Gasteiger partial charge in [0.25, 0.3) is 10.0 Å². The van der Waals surface area contributed by atoms with Crippen LogP contribution in [-0.2, 0) is 31.1 Å². The van der Waals surface area contributed by atoms with Gasteiger partial charge in [0.15, 0.2) is 18.0 Å². The maximum atomic E-state index is 14.9. The number of carbonyl (C=O) groups excluding carboxylic acids is 2. The van der Waals surface area contributed by atoms with Crippen LogP contribution in [0.2, 0.25) is 0 Å². The molecule has 0 aliphatic rings. The summed E-state index contributed by atoms with van der Waals surface area (Å²) < 4.78 is 46.4. The Bertz CT molecular complexity index is 1230. The Labute approximate surface area is 178 Å². The number of esters is 1. The van der Waals surface area contributed by atoms with E-state index in [0.29, 0.717) is 10.8 Å². The van der Waals surface area contributed by atoms with Crippen LogP contribution in [-0.4, -0.2) is 28.8 Å². The lowest BCUT2D eigenvalue weighted by Crippen LogP contribution is -2.45. The number of amides is 1. The van der Waals surface area contributed by atoms with E-state index in [1.54, 1.807) is 20.8 Å². The van der Waals surface area contributed by atoms with Gasteiger partial charge in [0.05, 0.1) is 17.0 Å². The van der Waals surface area contributed by atoms with Gasteiger partial charge in [0, 0.05) is 5.92 Å². The zero-order valence-corrected chi connectivity index (χ0v) is 18.6. The fourth-order valence-electron chi connectivity index (χ4n) is 2.31. The van der Waals surface area contributed by atoms with E-state index >= 15 is 0 Å². The molecule has 1 aromatic carbocycles. The van der Waals surface area contributed by atoms with E-state index in [1.807, 2.05) is 0 Å². The molecule has 0 spiro atoms. The molecule has 9 nitrogen and oxygen atoms in total. The number of benzene rings is 1. The van der Waals surface area contributed by atoms with Crippen molar-refractivity contribution >= 4 is 21.9 Å². The Morgan fingerprint density at radius 2 is 1.68 bits per heavy atom. The smallest absolute Gasteiger partial charge is 0.346 e. The van der Waals surface area contributed by atoms with Gasteiger partial charge in [-0.15, -0.1) is 0 Å². The van der Waals surface area contributed by atoms with Crippen LogP contribution in [0.25, 0.3) is 0 Å². The van der Waals surface area contributed by atoms with Gasteiger partial charge in [0.2, 0.25) is 5.91 Å². The lowest BCUT2D eigenvalue weighted by atomic mass is 10.2.